The summed E-state index contributed by atoms with van der Waals surface area (Å²) >= 11 is 0. The van der Waals surface area contributed by atoms with Crippen LogP contribution in [-0.2, 0) is 6.42 Å². The highest BCUT2D eigenvalue weighted by atomic mass is 16.5. The summed E-state index contributed by atoms with van der Waals surface area (Å²) in [6.45, 7) is 8.01. The minimum atomic E-state index is -0.150. The lowest BCUT2D eigenvalue weighted by atomic mass is 9.97. The van der Waals surface area contributed by atoms with E-state index in [0.29, 0.717) is 5.92 Å². The van der Waals surface area contributed by atoms with Gasteiger partial charge in [-0.25, -0.2) is 4.79 Å². The van der Waals surface area contributed by atoms with Gasteiger partial charge in [-0.1, -0.05) is 13.0 Å². The van der Waals surface area contributed by atoms with Crippen molar-refractivity contribution in [2.75, 3.05) is 19.7 Å². The van der Waals surface area contributed by atoms with Crippen LogP contribution in [0.4, 0.5) is 4.79 Å². The molecule has 1 aromatic rings. The van der Waals surface area contributed by atoms with Gasteiger partial charge in [0.1, 0.15) is 11.4 Å². The molecule has 5 nitrogen and oxygen atoms in total. The normalized spacial score (nSPS) is 22.4. The van der Waals surface area contributed by atoms with Gasteiger partial charge in [-0.3, -0.25) is 0 Å². The largest absolute Gasteiger partial charge is 0.487 e. The zero-order valence-corrected chi connectivity index (χ0v) is 15.5. The Bertz CT molecular complexity index is 629. The van der Waals surface area contributed by atoms with Crippen LogP contribution in [0.1, 0.15) is 57.2 Å². The van der Waals surface area contributed by atoms with E-state index in [1.165, 1.54) is 5.56 Å². The molecular weight excluding hydrogens is 316 g/mol. The second kappa shape index (κ2) is 7.24. The zero-order chi connectivity index (χ0) is 18.0. The molecule has 0 spiro atoms. The molecule has 0 aliphatic carbocycles. The van der Waals surface area contributed by atoms with Crippen LogP contribution in [0.3, 0.4) is 0 Å². The molecule has 2 unspecified atom stereocenters. The van der Waals surface area contributed by atoms with E-state index in [1.54, 1.807) is 0 Å². The summed E-state index contributed by atoms with van der Waals surface area (Å²) in [6, 6.07) is 6.29. The number of fused-ring (bicyclic) bond motifs is 1. The van der Waals surface area contributed by atoms with Gasteiger partial charge >= 0.3 is 6.03 Å². The quantitative estimate of drug-likeness (QED) is 0.860. The minimum absolute atomic E-state index is 0.00404. The van der Waals surface area contributed by atoms with Gasteiger partial charge < -0.3 is 20.1 Å². The maximum atomic E-state index is 12.6. The first-order valence-corrected chi connectivity index (χ1v) is 9.40. The number of benzene rings is 1. The number of hydrogen-bond acceptors (Lipinski definition) is 3. The van der Waals surface area contributed by atoms with E-state index in [2.05, 4.69) is 38.2 Å². The summed E-state index contributed by atoms with van der Waals surface area (Å²) in [7, 11) is 0. The van der Waals surface area contributed by atoms with E-state index >= 15 is 0 Å². The third-order valence-corrected chi connectivity index (χ3v) is 5.31. The second-order valence-corrected chi connectivity index (χ2v) is 7.93. The number of ether oxygens (including phenoxy) is 1. The molecule has 2 amide bonds. The summed E-state index contributed by atoms with van der Waals surface area (Å²) in [6.07, 6.45) is 3.51. The highest BCUT2D eigenvalue weighted by Gasteiger charge is 2.31. The lowest BCUT2D eigenvalue weighted by Gasteiger charge is -2.23. The number of carbonyl (C=O) groups excluding carboxylic acids is 1. The first-order valence-electron chi connectivity index (χ1n) is 9.40. The highest BCUT2D eigenvalue weighted by Crippen LogP contribution is 2.36. The number of aliphatic hydroxyl groups excluding tert-OH is 1. The standard InChI is InChI=1S/C20H30N2O3/c1-4-17(21-19(24)22-9-7-14(13-22)8-10-23)15-5-6-18-16(11-15)12-20(2,3)25-18/h5-6,11,14,17,23H,4,7-10,12-13H2,1-3H3,(H,21,24). The molecule has 1 saturated heterocycles. The summed E-state index contributed by atoms with van der Waals surface area (Å²) in [5.41, 5.74) is 2.21. The first-order chi connectivity index (χ1) is 11.9. The fourth-order valence-electron chi connectivity index (χ4n) is 3.94. The molecule has 5 heteroatoms. The SMILES string of the molecule is CCC(NC(=O)N1CCC(CCO)C1)c1ccc2c(c1)CC(C)(C)O2. The van der Waals surface area contributed by atoms with Gasteiger partial charge in [0.25, 0.3) is 0 Å². The topological polar surface area (TPSA) is 61.8 Å². The Hall–Kier alpha value is -1.75. The molecule has 2 heterocycles. The van der Waals surface area contributed by atoms with Crippen molar-refractivity contribution < 1.29 is 14.6 Å². The fourth-order valence-corrected chi connectivity index (χ4v) is 3.94. The molecule has 0 radical (unpaired) electrons. The van der Waals surface area contributed by atoms with Crippen LogP contribution in [0.25, 0.3) is 0 Å². The van der Waals surface area contributed by atoms with Crippen molar-refractivity contribution in [2.45, 2.75) is 58.1 Å². The average molecular weight is 346 g/mol. The van der Waals surface area contributed by atoms with Crippen molar-refractivity contribution >= 4 is 6.03 Å². The maximum absolute atomic E-state index is 12.6. The molecule has 1 aromatic carbocycles. The number of nitrogens with one attached hydrogen (secondary N) is 1. The smallest absolute Gasteiger partial charge is 0.317 e. The number of nitrogens with zero attached hydrogens (tertiary/aromatic N) is 1. The molecule has 1 fully saturated rings. The number of hydrogen-bond donors (Lipinski definition) is 2. The molecule has 3 rings (SSSR count). The van der Waals surface area contributed by atoms with E-state index in [0.717, 1.165) is 50.1 Å². The van der Waals surface area contributed by atoms with Crippen LogP contribution in [0.5, 0.6) is 5.75 Å². The first kappa shape index (κ1) is 18.1. The van der Waals surface area contributed by atoms with Gasteiger partial charge in [0.15, 0.2) is 0 Å². The number of amides is 2. The van der Waals surface area contributed by atoms with Gasteiger partial charge in [-0.2, -0.15) is 0 Å². The molecular formula is C20H30N2O3. The Balaban J connectivity index is 1.65. The fraction of sp³-hybridized carbons (Fsp3) is 0.650. The van der Waals surface area contributed by atoms with Crippen molar-refractivity contribution in [3.63, 3.8) is 0 Å². The minimum Gasteiger partial charge on any atom is -0.487 e. The predicted molar refractivity (Wildman–Crippen MR) is 97.8 cm³/mol. The Kier molecular flexibility index (Phi) is 5.23. The van der Waals surface area contributed by atoms with Crippen LogP contribution >= 0.6 is 0 Å². The molecule has 2 N–H and O–H groups in total. The van der Waals surface area contributed by atoms with E-state index < -0.39 is 0 Å². The molecule has 2 aliphatic heterocycles. The van der Waals surface area contributed by atoms with Gasteiger partial charge in [-0.15, -0.1) is 0 Å². The van der Waals surface area contributed by atoms with Gasteiger partial charge in [0, 0.05) is 26.1 Å². The third-order valence-electron chi connectivity index (χ3n) is 5.31. The van der Waals surface area contributed by atoms with Gasteiger partial charge in [-0.05, 0) is 62.3 Å². The molecule has 25 heavy (non-hydrogen) atoms. The monoisotopic (exact) mass is 346 g/mol. The third kappa shape index (κ3) is 4.09. The highest BCUT2D eigenvalue weighted by molar-refractivity contribution is 5.75. The van der Waals surface area contributed by atoms with E-state index in [9.17, 15) is 4.79 Å². The molecule has 0 saturated carbocycles. The molecule has 138 valence electrons. The van der Waals surface area contributed by atoms with Crippen molar-refractivity contribution in [3.05, 3.63) is 29.3 Å². The van der Waals surface area contributed by atoms with Crippen LogP contribution in [0, 0.1) is 5.92 Å². The molecule has 0 bridgehead atoms. The number of carbonyl (C=O) groups is 1. The molecule has 0 aromatic heterocycles. The van der Waals surface area contributed by atoms with Gasteiger partial charge in [0.05, 0.1) is 6.04 Å². The Morgan fingerprint density at radius 2 is 2.28 bits per heavy atom. The van der Waals surface area contributed by atoms with E-state index in [-0.39, 0.29) is 24.3 Å². The molecule has 2 atom stereocenters. The summed E-state index contributed by atoms with van der Waals surface area (Å²) in [5.74, 6) is 1.39. The lowest BCUT2D eigenvalue weighted by molar-refractivity contribution is 0.138. The maximum Gasteiger partial charge on any atom is 0.317 e. The van der Waals surface area contributed by atoms with E-state index in [4.69, 9.17) is 9.84 Å². The number of urea groups is 1. The van der Waals surface area contributed by atoms with Crippen molar-refractivity contribution in [3.8, 4) is 5.75 Å². The summed E-state index contributed by atoms with van der Waals surface area (Å²) < 4.78 is 5.94. The number of aliphatic hydroxyl groups is 1. The number of likely N-dealkylation sites (tertiary alicyclic amines) is 1. The van der Waals surface area contributed by atoms with Crippen molar-refractivity contribution in [1.82, 2.24) is 10.2 Å². The van der Waals surface area contributed by atoms with Crippen LogP contribution in [-0.4, -0.2) is 41.3 Å². The summed E-state index contributed by atoms with van der Waals surface area (Å²) in [4.78, 5) is 14.5. The summed E-state index contributed by atoms with van der Waals surface area (Å²) in [5, 5.41) is 12.3. The van der Waals surface area contributed by atoms with Crippen molar-refractivity contribution in [1.29, 1.82) is 0 Å². The number of rotatable bonds is 5. The van der Waals surface area contributed by atoms with Gasteiger partial charge in [0.2, 0.25) is 0 Å². The average Bonchev–Trinajstić information content (AvgIpc) is 3.14. The zero-order valence-electron chi connectivity index (χ0n) is 15.5. The Labute approximate surface area is 150 Å². The van der Waals surface area contributed by atoms with Crippen molar-refractivity contribution in [2.24, 2.45) is 5.92 Å². The Morgan fingerprint density at radius 1 is 1.48 bits per heavy atom. The predicted octanol–water partition coefficient (Wildman–Crippen LogP) is 3.27. The van der Waals surface area contributed by atoms with Crippen LogP contribution < -0.4 is 10.1 Å². The Morgan fingerprint density at radius 3 is 3.00 bits per heavy atom. The molecule has 2 aliphatic rings. The van der Waals surface area contributed by atoms with E-state index in [1.807, 2.05) is 11.0 Å². The van der Waals surface area contributed by atoms with Crippen LogP contribution in [0.2, 0.25) is 0 Å². The van der Waals surface area contributed by atoms with Crippen LogP contribution in [0.15, 0.2) is 18.2 Å². The lowest BCUT2D eigenvalue weighted by Crippen LogP contribution is -2.40. The second-order valence-electron chi connectivity index (χ2n) is 7.93.